The van der Waals surface area contributed by atoms with Crippen LogP contribution in [0.15, 0.2) is 12.1 Å². The third-order valence-electron chi connectivity index (χ3n) is 2.93. The lowest BCUT2D eigenvalue weighted by atomic mass is 9.99. The van der Waals surface area contributed by atoms with Gasteiger partial charge < -0.3 is 4.79 Å². The summed E-state index contributed by atoms with van der Waals surface area (Å²) in [6, 6.07) is 3.45. The Morgan fingerprint density at radius 3 is 2.50 bits per heavy atom. The zero-order valence-electron chi connectivity index (χ0n) is 9.11. The van der Waals surface area contributed by atoms with E-state index in [1.807, 2.05) is 19.9 Å². The van der Waals surface area contributed by atoms with Crippen molar-refractivity contribution in [3.05, 3.63) is 34.4 Å². The number of amides is 2. The molecule has 2 amide bonds. The third kappa shape index (κ3) is 1.26. The number of aldehydes is 1. The average Bonchev–Trinajstić information content (AvgIpc) is 2.49. The summed E-state index contributed by atoms with van der Waals surface area (Å²) >= 11 is 0. The molecule has 1 aliphatic heterocycles. The summed E-state index contributed by atoms with van der Waals surface area (Å²) in [6.07, 6.45) is 0.559. The Bertz CT molecular complexity index is 505. The van der Waals surface area contributed by atoms with E-state index >= 15 is 0 Å². The Hall–Kier alpha value is -1.97. The standard InChI is InChI=1S/C12H11NO3/c1-7-3-4-9-10(8(7)2)12(16)13(5-6-14)11(9)15/h3-4,6H,5H2,1-2H3. The minimum Gasteiger partial charge on any atom is -0.301 e. The van der Waals surface area contributed by atoms with E-state index in [1.165, 1.54) is 0 Å². The molecule has 0 saturated carbocycles. The summed E-state index contributed by atoms with van der Waals surface area (Å²) in [6.45, 7) is 3.52. The van der Waals surface area contributed by atoms with Crippen LogP contribution >= 0.6 is 0 Å². The van der Waals surface area contributed by atoms with Gasteiger partial charge in [0.05, 0.1) is 17.7 Å². The number of hydrogen-bond acceptors (Lipinski definition) is 3. The van der Waals surface area contributed by atoms with Crippen molar-refractivity contribution in [2.24, 2.45) is 0 Å². The van der Waals surface area contributed by atoms with Gasteiger partial charge >= 0.3 is 0 Å². The third-order valence-corrected chi connectivity index (χ3v) is 2.93. The fourth-order valence-electron chi connectivity index (χ4n) is 1.88. The first-order valence-corrected chi connectivity index (χ1v) is 4.98. The predicted molar refractivity (Wildman–Crippen MR) is 57.3 cm³/mol. The molecule has 0 unspecified atom stereocenters. The smallest absolute Gasteiger partial charge is 0.262 e. The summed E-state index contributed by atoms with van der Waals surface area (Å²) in [5, 5.41) is 0. The molecule has 1 aromatic carbocycles. The molecule has 0 aliphatic carbocycles. The van der Waals surface area contributed by atoms with Gasteiger partial charge in [-0.2, -0.15) is 0 Å². The van der Waals surface area contributed by atoms with Gasteiger partial charge in [0.1, 0.15) is 6.29 Å². The molecule has 16 heavy (non-hydrogen) atoms. The molecule has 0 bridgehead atoms. The summed E-state index contributed by atoms with van der Waals surface area (Å²) in [5.41, 5.74) is 2.61. The van der Waals surface area contributed by atoms with Gasteiger partial charge in [0, 0.05) is 0 Å². The van der Waals surface area contributed by atoms with Crippen molar-refractivity contribution in [1.82, 2.24) is 4.90 Å². The number of rotatable bonds is 2. The molecular weight excluding hydrogens is 206 g/mol. The van der Waals surface area contributed by atoms with Crippen LogP contribution < -0.4 is 0 Å². The van der Waals surface area contributed by atoms with Gasteiger partial charge in [0.15, 0.2) is 0 Å². The first kappa shape index (κ1) is 10.5. The number of imide groups is 1. The van der Waals surface area contributed by atoms with Gasteiger partial charge in [-0.25, -0.2) is 0 Å². The van der Waals surface area contributed by atoms with E-state index in [1.54, 1.807) is 6.07 Å². The number of benzene rings is 1. The SMILES string of the molecule is Cc1ccc2c(c1C)C(=O)N(CC=O)C2=O. The Kier molecular flexibility index (Phi) is 2.34. The van der Waals surface area contributed by atoms with Crippen LogP contribution in [0.25, 0.3) is 0 Å². The molecule has 2 rings (SSSR count). The highest BCUT2D eigenvalue weighted by Gasteiger charge is 2.36. The highest BCUT2D eigenvalue weighted by atomic mass is 16.2. The highest BCUT2D eigenvalue weighted by molar-refractivity contribution is 6.22. The summed E-state index contributed by atoms with van der Waals surface area (Å²) in [5.74, 6) is -0.747. The molecule has 1 heterocycles. The molecule has 1 aliphatic rings. The summed E-state index contributed by atoms with van der Waals surface area (Å²) in [7, 11) is 0. The van der Waals surface area contributed by atoms with Crippen molar-refractivity contribution in [2.45, 2.75) is 13.8 Å². The van der Waals surface area contributed by atoms with Gasteiger partial charge in [-0.15, -0.1) is 0 Å². The van der Waals surface area contributed by atoms with Gasteiger partial charge in [-0.1, -0.05) is 6.07 Å². The minimum absolute atomic E-state index is 0.176. The van der Waals surface area contributed by atoms with Crippen LogP contribution in [-0.4, -0.2) is 29.5 Å². The molecule has 0 spiro atoms. The lowest BCUT2D eigenvalue weighted by Gasteiger charge is -2.08. The number of hydrogen-bond donors (Lipinski definition) is 0. The van der Waals surface area contributed by atoms with Gasteiger partial charge in [0.25, 0.3) is 11.8 Å². The van der Waals surface area contributed by atoms with E-state index in [-0.39, 0.29) is 18.4 Å². The molecule has 0 aromatic heterocycles. The molecule has 0 fully saturated rings. The molecular formula is C12H11NO3. The van der Waals surface area contributed by atoms with Crippen LogP contribution in [0, 0.1) is 13.8 Å². The zero-order chi connectivity index (χ0) is 11.9. The van der Waals surface area contributed by atoms with Crippen LogP contribution in [0.5, 0.6) is 0 Å². The Balaban J connectivity index is 2.60. The fourth-order valence-corrected chi connectivity index (χ4v) is 1.88. The minimum atomic E-state index is -0.379. The summed E-state index contributed by atoms with van der Waals surface area (Å²) in [4.78, 5) is 35.1. The zero-order valence-corrected chi connectivity index (χ0v) is 9.11. The molecule has 0 radical (unpaired) electrons. The molecule has 0 saturated heterocycles. The normalized spacial score (nSPS) is 14.2. The molecule has 0 N–H and O–H groups in total. The first-order chi connectivity index (χ1) is 7.57. The molecule has 82 valence electrons. The second kappa shape index (κ2) is 3.56. The van der Waals surface area contributed by atoms with Crippen LogP contribution in [0.1, 0.15) is 31.8 Å². The number of aryl methyl sites for hydroxylation is 1. The van der Waals surface area contributed by atoms with Crippen LogP contribution in [0.2, 0.25) is 0 Å². The average molecular weight is 217 g/mol. The van der Waals surface area contributed by atoms with Gasteiger partial charge in [-0.05, 0) is 31.0 Å². The Labute approximate surface area is 92.9 Å². The largest absolute Gasteiger partial charge is 0.301 e. The highest BCUT2D eigenvalue weighted by Crippen LogP contribution is 2.27. The lowest BCUT2D eigenvalue weighted by Crippen LogP contribution is -2.31. The van der Waals surface area contributed by atoms with E-state index in [4.69, 9.17) is 0 Å². The molecule has 0 atom stereocenters. The number of nitrogens with zero attached hydrogens (tertiary/aromatic N) is 1. The van der Waals surface area contributed by atoms with Crippen molar-refractivity contribution < 1.29 is 14.4 Å². The van der Waals surface area contributed by atoms with E-state index in [0.29, 0.717) is 17.4 Å². The number of fused-ring (bicyclic) bond motifs is 1. The van der Waals surface area contributed by atoms with Crippen molar-refractivity contribution >= 4 is 18.1 Å². The second-order valence-electron chi connectivity index (χ2n) is 3.82. The van der Waals surface area contributed by atoms with Crippen molar-refractivity contribution in [3.8, 4) is 0 Å². The number of carbonyl (C=O) groups excluding carboxylic acids is 3. The van der Waals surface area contributed by atoms with Crippen molar-refractivity contribution in [3.63, 3.8) is 0 Å². The van der Waals surface area contributed by atoms with Crippen LogP contribution in [0.3, 0.4) is 0 Å². The monoisotopic (exact) mass is 217 g/mol. The quantitative estimate of drug-likeness (QED) is 0.550. The van der Waals surface area contributed by atoms with Crippen LogP contribution in [-0.2, 0) is 4.79 Å². The van der Waals surface area contributed by atoms with E-state index < -0.39 is 0 Å². The maximum absolute atomic E-state index is 11.9. The molecule has 4 nitrogen and oxygen atoms in total. The topological polar surface area (TPSA) is 54.5 Å². The Morgan fingerprint density at radius 2 is 1.88 bits per heavy atom. The molecule has 4 heteroatoms. The molecule has 1 aromatic rings. The maximum atomic E-state index is 11.9. The van der Waals surface area contributed by atoms with E-state index in [9.17, 15) is 14.4 Å². The van der Waals surface area contributed by atoms with E-state index in [2.05, 4.69) is 0 Å². The van der Waals surface area contributed by atoms with Gasteiger partial charge in [0.2, 0.25) is 0 Å². The van der Waals surface area contributed by atoms with E-state index in [0.717, 1.165) is 16.0 Å². The van der Waals surface area contributed by atoms with Crippen molar-refractivity contribution in [2.75, 3.05) is 6.54 Å². The van der Waals surface area contributed by atoms with Crippen molar-refractivity contribution in [1.29, 1.82) is 0 Å². The Morgan fingerprint density at radius 1 is 1.19 bits per heavy atom. The fraction of sp³-hybridized carbons (Fsp3) is 0.250. The van der Waals surface area contributed by atoms with Gasteiger partial charge in [-0.3, -0.25) is 14.5 Å². The first-order valence-electron chi connectivity index (χ1n) is 4.98. The second-order valence-corrected chi connectivity index (χ2v) is 3.82. The van der Waals surface area contributed by atoms with Crippen LogP contribution in [0.4, 0.5) is 0 Å². The predicted octanol–water partition coefficient (Wildman–Crippen LogP) is 1.10. The lowest BCUT2D eigenvalue weighted by molar-refractivity contribution is -0.108. The summed E-state index contributed by atoms with van der Waals surface area (Å²) < 4.78 is 0. The maximum Gasteiger partial charge on any atom is 0.262 e. The number of carbonyl (C=O) groups is 3.